The summed E-state index contributed by atoms with van der Waals surface area (Å²) in [5.41, 5.74) is 3.12. The summed E-state index contributed by atoms with van der Waals surface area (Å²) in [7, 11) is 3.88. The van der Waals surface area contributed by atoms with E-state index in [-0.39, 0.29) is 6.04 Å². The molecule has 0 aromatic carbocycles. The molecule has 0 bridgehead atoms. The number of hydrogen-bond donors (Lipinski definition) is 1. The molecule has 0 fully saturated rings. The van der Waals surface area contributed by atoms with Gasteiger partial charge in [-0.25, -0.2) is 0 Å². The smallest absolute Gasteiger partial charge is 0.0850 e. The standard InChI is InChI=1S/C14H19Cl2N3S/c1-5-9-13(16)11(19(4)18-9)6-10(17-3)14-12(15)8(2)7-20-14/h7,10,17H,5-6H2,1-4H3. The lowest BCUT2D eigenvalue weighted by Gasteiger charge is -2.16. The van der Waals surface area contributed by atoms with Crippen LogP contribution < -0.4 is 5.32 Å². The van der Waals surface area contributed by atoms with Crippen LogP contribution in [0, 0.1) is 6.92 Å². The Labute approximate surface area is 133 Å². The van der Waals surface area contributed by atoms with E-state index in [2.05, 4.69) is 22.7 Å². The number of aromatic nitrogens is 2. The van der Waals surface area contributed by atoms with E-state index in [4.69, 9.17) is 23.2 Å². The van der Waals surface area contributed by atoms with Crippen LogP contribution in [0.2, 0.25) is 10.0 Å². The van der Waals surface area contributed by atoms with Gasteiger partial charge in [0.2, 0.25) is 0 Å². The summed E-state index contributed by atoms with van der Waals surface area (Å²) in [6.07, 6.45) is 1.62. The first-order valence-electron chi connectivity index (χ1n) is 6.60. The number of halogens is 2. The van der Waals surface area contributed by atoms with Crippen LogP contribution in [0.4, 0.5) is 0 Å². The van der Waals surface area contributed by atoms with Crippen LogP contribution in [0.1, 0.15) is 34.8 Å². The number of likely N-dealkylation sites (N-methyl/N-ethyl adjacent to an activating group) is 1. The summed E-state index contributed by atoms with van der Waals surface area (Å²) in [4.78, 5) is 1.15. The zero-order valence-corrected chi connectivity index (χ0v) is 14.5. The number of hydrogen-bond acceptors (Lipinski definition) is 3. The van der Waals surface area contributed by atoms with E-state index < -0.39 is 0 Å². The molecule has 0 radical (unpaired) electrons. The van der Waals surface area contributed by atoms with E-state index >= 15 is 0 Å². The first-order chi connectivity index (χ1) is 9.49. The molecule has 1 unspecified atom stereocenters. The largest absolute Gasteiger partial charge is 0.312 e. The van der Waals surface area contributed by atoms with E-state index in [1.807, 2.05) is 25.7 Å². The van der Waals surface area contributed by atoms with Gasteiger partial charge in [-0.3, -0.25) is 4.68 Å². The Morgan fingerprint density at radius 3 is 2.55 bits per heavy atom. The average Bonchev–Trinajstić information content (AvgIpc) is 2.90. The van der Waals surface area contributed by atoms with E-state index in [9.17, 15) is 0 Å². The summed E-state index contributed by atoms with van der Waals surface area (Å²) in [6.45, 7) is 4.09. The quantitative estimate of drug-likeness (QED) is 0.891. The molecule has 0 aliphatic carbocycles. The second-order valence-corrected chi connectivity index (χ2v) is 6.49. The molecule has 0 saturated carbocycles. The van der Waals surface area contributed by atoms with Crippen molar-refractivity contribution >= 4 is 34.5 Å². The van der Waals surface area contributed by atoms with Gasteiger partial charge in [-0.1, -0.05) is 30.1 Å². The lowest BCUT2D eigenvalue weighted by Crippen LogP contribution is -2.19. The highest BCUT2D eigenvalue weighted by molar-refractivity contribution is 7.10. The van der Waals surface area contributed by atoms with Crippen molar-refractivity contribution < 1.29 is 0 Å². The van der Waals surface area contributed by atoms with Gasteiger partial charge in [0, 0.05) is 24.4 Å². The maximum atomic E-state index is 6.42. The van der Waals surface area contributed by atoms with Crippen LogP contribution in [0.3, 0.4) is 0 Å². The highest BCUT2D eigenvalue weighted by atomic mass is 35.5. The highest BCUT2D eigenvalue weighted by Gasteiger charge is 2.21. The third-order valence-electron chi connectivity index (χ3n) is 3.49. The Morgan fingerprint density at radius 2 is 2.10 bits per heavy atom. The molecular formula is C14H19Cl2N3S. The molecule has 0 spiro atoms. The summed E-state index contributed by atoms with van der Waals surface area (Å²) in [5, 5.41) is 11.5. The maximum Gasteiger partial charge on any atom is 0.0850 e. The zero-order valence-electron chi connectivity index (χ0n) is 12.1. The topological polar surface area (TPSA) is 29.9 Å². The fraction of sp³-hybridized carbons (Fsp3) is 0.500. The van der Waals surface area contributed by atoms with Crippen molar-refractivity contribution in [2.45, 2.75) is 32.7 Å². The molecule has 1 N–H and O–H groups in total. The van der Waals surface area contributed by atoms with Crippen molar-refractivity contribution in [1.29, 1.82) is 0 Å². The van der Waals surface area contributed by atoms with Crippen LogP contribution in [0.25, 0.3) is 0 Å². The minimum Gasteiger partial charge on any atom is -0.312 e. The molecule has 0 amide bonds. The first kappa shape index (κ1) is 15.8. The third-order valence-corrected chi connectivity index (χ3v) is 5.75. The lowest BCUT2D eigenvalue weighted by molar-refractivity contribution is 0.569. The normalized spacial score (nSPS) is 12.9. The summed E-state index contributed by atoms with van der Waals surface area (Å²) in [5.74, 6) is 0. The predicted molar refractivity (Wildman–Crippen MR) is 87.2 cm³/mol. The Morgan fingerprint density at radius 1 is 1.40 bits per heavy atom. The fourth-order valence-electron chi connectivity index (χ4n) is 2.25. The Kier molecular flexibility index (Phi) is 5.13. The van der Waals surface area contributed by atoms with Gasteiger partial charge in [-0.05, 0) is 31.3 Å². The van der Waals surface area contributed by atoms with Gasteiger partial charge in [0.05, 0.1) is 21.4 Å². The lowest BCUT2D eigenvalue weighted by atomic mass is 10.1. The first-order valence-corrected chi connectivity index (χ1v) is 8.24. The number of nitrogens with zero attached hydrogens (tertiary/aromatic N) is 2. The number of aryl methyl sites for hydroxylation is 3. The van der Waals surface area contributed by atoms with E-state index in [1.165, 1.54) is 0 Å². The highest BCUT2D eigenvalue weighted by Crippen LogP contribution is 2.35. The molecule has 2 aromatic heterocycles. The van der Waals surface area contributed by atoms with Crippen molar-refractivity contribution in [2.75, 3.05) is 7.05 Å². The van der Waals surface area contributed by atoms with Gasteiger partial charge in [-0.15, -0.1) is 11.3 Å². The molecule has 20 heavy (non-hydrogen) atoms. The van der Waals surface area contributed by atoms with Crippen LogP contribution in [-0.4, -0.2) is 16.8 Å². The number of rotatable bonds is 5. The van der Waals surface area contributed by atoms with Crippen LogP contribution in [0.15, 0.2) is 5.38 Å². The molecular weight excluding hydrogens is 313 g/mol. The summed E-state index contributed by atoms with van der Waals surface area (Å²) >= 11 is 14.5. The van der Waals surface area contributed by atoms with E-state index in [1.54, 1.807) is 11.3 Å². The van der Waals surface area contributed by atoms with Gasteiger partial charge in [0.25, 0.3) is 0 Å². The molecule has 6 heteroatoms. The van der Waals surface area contributed by atoms with Gasteiger partial charge >= 0.3 is 0 Å². The predicted octanol–water partition coefficient (Wildman–Crippen LogP) is 4.16. The van der Waals surface area contributed by atoms with Crippen molar-refractivity contribution in [2.24, 2.45) is 7.05 Å². The van der Waals surface area contributed by atoms with E-state index in [0.29, 0.717) is 0 Å². The molecule has 110 valence electrons. The van der Waals surface area contributed by atoms with Crippen LogP contribution in [-0.2, 0) is 19.9 Å². The van der Waals surface area contributed by atoms with Crippen LogP contribution in [0.5, 0.6) is 0 Å². The Hall–Kier alpha value is -0.550. The monoisotopic (exact) mass is 331 g/mol. The Bertz CT molecular complexity index is 604. The average molecular weight is 332 g/mol. The fourth-order valence-corrected chi connectivity index (χ4v) is 4.05. The third kappa shape index (κ3) is 2.89. The molecule has 0 saturated heterocycles. The summed E-state index contributed by atoms with van der Waals surface area (Å²) in [6, 6.07) is 0.152. The summed E-state index contributed by atoms with van der Waals surface area (Å²) < 4.78 is 1.87. The number of thiophene rings is 1. The van der Waals surface area contributed by atoms with Crippen molar-refractivity contribution in [3.05, 3.63) is 37.3 Å². The molecule has 2 heterocycles. The van der Waals surface area contributed by atoms with Gasteiger partial charge < -0.3 is 5.32 Å². The molecule has 0 aliphatic rings. The van der Waals surface area contributed by atoms with Gasteiger partial charge in [0.15, 0.2) is 0 Å². The zero-order chi connectivity index (χ0) is 14.9. The molecule has 2 aromatic rings. The van der Waals surface area contributed by atoms with Crippen molar-refractivity contribution in [3.8, 4) is 0 Å². The molecule has 0 aliphatic heterocycles. The van der Waals surface area contributed by atoms with Crippen LogP contribution >= 0.6 is 34.5 Å². The van der Waals surface area contributed by atoms with Crippen molar-refractivity contribution in [1.82, 2.24) is 15.1 Å². The maximum absolute atomic E-state index is 6.42. The molecule has 2 rings (SSSR count). The molecule has 3 nitrogen and oxygen atoms in total. The molecule has 1 atom stereocenters. The number of nitrogens with one attached hydrogen (secondary N) is 1. The second-order valence-electron chi connectivity index (χ2n) is 4.83. The SMILES string of the molecule is CCc1nn(C)c(CC(NC)c2scc(C)c2Cl)c1Cl. The minimum absolute atomic E-state index is 0.152. The second kappa shape index (κ2) is 6.48. The van der Waals surface area contributed by atoms with E-state index in [0.717, 1.165) is 44.7 Å². The van der Waals surface area contributed by atoms with Gasteiger partial charge in [0.1, 0.15) is 0 Å². The minimum atomic E-state index is 0.152. The van der Waals surface area contributed by atoms with Crippen molar-refractivity contribution in [3.63, 3.8) is 0 Å². The van der Waals surface area contributed by atoms with Gasteiger partial charge in [-0.2, -0.15) is 5.10 Å². The Balaban J connectivity index is 2.32.